The summed E-state index contributed by atoms with van der Waals surface area (Å²) in [6.45, 7) is 1.67. The Labute approximate surface area is 110 Å². The first-order valence-electron chi connectivity index (χ1n) is 5.66. The van der Waals surface area contributed by atoms with Crippen LogP contribution < -0.4 is 14.8 Å². The topological polar surface area (TPSA) is 56.3 Å². The van der Waals surface area contributed by atoms with Gasteiger partial charge in [-0.3, -0.25) is 0 Å². The molecule has 2 rings (SSSR count). The van der Waals surface area contributed by atoms with Crippen LogP contribution in [0.25, 0.3) is 0 Å². The average Bonchev–Trinajstić information content (AvgIpc) is 2.42. The Morgan fingerprint density at radius 3 is 2.68 bits per heavy atom. The number of aromatic nitrogens is 2. The van der Waals surface area contributed by atoms with E-state index >= 15 is 0 Å². The van der Waals surface area contributed by atoms with Crippen LogP contribution in [0.5, 0.6) is 17.4 Å². The van der Waals surface area contributed by atoms with Crippen LogP contribution in [0.1, 0.15) is 5.56 Å². The zero-order valence-electron chi connectivity index (χ0n) is 10.9. The highest BCUT2D eigenvalue weighted by atomic mass is 19.1. The van der Waals surface area contributed by atoms with Crippen LogP contribution in [-0.2, 0) is 0 Å². The van der Waals surface area contributed by atoms with E-state index in [0.717, 1.165) is 0 Å². The Bertz CT molecular complexity index is 590. The summed E-state index contributed by atoms with van der Waals surface area (Å²) in [5.41, 5.74) is 0.499. The number of anilines is 1. The molecule has 19 heavy (non-hydrogen) atoms. The fraction of sp³-hybridized carbons (Fsp3) is 0.231. The maximum atomic E-state index is 13.2. The molecule has 0 aliphatic carbocycles. The number of nitrogens with zero attached hydrogens (tertiary/aromatic N) is 2. The third kappa shape index (κ3) is 2.73. The normalized spacial score (nSPS) is 10.1. The molecule has 0 atom stereocenters. The molecule has 0 bridgehead atoms. The molecule has 0 unspecified atom stereocenters. The maximum Gasteiger partial charge on any atom is 0.268 e. The average molecular weight is 263 g/mol. The smallest absolute Gasteiger partial charge is 0.268 e. The van der Waals surface area contributed by atoms with E-state index in [4.69, 9.17) is 9.47 Å². The van der Waals surface area contributed by atoms with Crippen molar-refractivity contribution < 1.29 is 13.9 Å². The molecular weight excluding hydrogens is 249 g/mol. The van der Waals surface area contributed by atoms with Crippen LogP contribution in [0.4, 0.5) is 10.2 Å². The van der Waals surface area contributed by atoms with E-state index in [-0.39, 0.29) is 11.7 Å². The minimum atomic E-state index is -0.280. The second kappa shape index (κ2) is 5.51. The Kier molecular flexibility index (Phi) is 3.79. The van der Waals surface area contributed by atoms with Gasteiger partial charge in [0.2, 0.25) is 5.75 Å². The number of methoxy groups -OCH3 is 1. The minimum absolute atomic E-state index is 0.271. The van der Waals surface area contributed by atoms with E-state index < -0.39 is 0 Å². The van der Waals surface area contributed by atoms with Gasteiger partial charge in [0.25, 0.3) is 5.88 Å². The van der Waals surface area contributed by atoms with Gasteiger partial charge in [-0.05, 0) is 30.7 Å². The molecule has 0 aliphatic heterocycles. The van der Waals surface area contributed by atoms with Crippen LogP contribution in [0, 0.1) is 12.7 Å². The van der Waals surface area contributed by atoms with E-state index in [0.29, 0.717) is 22.9 Å². The predicted octanol–water partition coefficient (Wildman–Crippen LogP) is 2.77. The van der Waals surface area contributed by atoms with Crippen molar-refractivity contribution in [3.05, 3.63) is 35.9 Å². The van der Waals surface area contributed by atoms with Gasteiger partial charge in [-0.2, -0.15) is 4.98 Å². The number of nitrogens with one attached hydrogen (secondary N) is 1. The van der Waals surface area contributed by atoms with Crippen molar-refractivity contribution in [2.45, 2.75) is 6.92 Å². The molecule has 0 fully saturated rings. The number of hydrogen-bond donors (Lipinski definition) is 1. The minimum Gasteiger partial charge on any atom is -0.489 e. The highest BCUT2D eigenvalue weighted by molar-refractivity contribution is 5.55. The molecule has 1 heterocycles. The number of hydrogen-bond acceptors (Lipinski definition) is 5. The summed E-state index contributed by atoms with van der Waals surface area (Å²) < 4.78 is 24.0. The zero-order valence-corrected chi connectivity index (χ0v) is 10.9. The Hall–Kier alpha value is -2.37. The van der Waals surface area contributed by atoms with Crippen molar-refractivity contribution in [2.75, 3.05) is 19.5 Å². The first-order chi connectivity index (χ1) is 9.15. The molecule has 2 aromatic rings. The molecule has 0 radical (unpaired) electrons. The van der Waals surface area contributed by atoms with Crippen molar-refractivity contribution >= 4 is 5.82 Å². The van der Waals surface area contributed by atoms with Crippen LogP contribution in [0.3, 0.4) is 0 Å². The van der Waals surface area contributed by atoms with Gasteiger partial charge in [0.05, 0.1) is 7.11 Å². The summed E-state index contributed by atoms with van der Waals surface area (Å²) in [5, 5.41) is 2.88. The lowest BCUT2D eigenvalue weighted by Crippen LogP contribution is -2.01. The first-order valence-corrected chi connectivity index (χ1v) is 5.66. The quantitative estimate of drug-likeness (QED) is 0.919. The summed E-state index contributed by atoms with van der Waals surface area (Å²) in [6.07, 6.45) is 1.36. The molecule has 1 N–H and O–H groups in total. The lowest BCUT2D eigenvalue weighted by molar-refractivity contribution is 0.369. The summed E-state index contributed by atoms with van der Waals surface area (Å²) in [4.78, 5) is 8.03. The van der Waals surface area contributed by atoms with Crippen molar-refractivity contribution in [1.29, 1.82) is 0 Å². The van der Waals surface area contributed by atoms with Crippen molar-refractivity contribution in [3.8, 4) is 17.4 Å². The lowest BCUT2D eigenvalue weighted by Gasteiger charge is -2.12. The summed E-state index contributed by atoms with van der Waals surface area (Å²) >= 11 is 0. The number of ether oxygens (including phenoxy) is 2. The van der Waals surface area contributed by atoms with Gasteiger partial charge in [0.15, 0.2) is 5.82 Å². The van der Waals surface area contributed by atoms with E-state index in [1.807, 2.05) is 0 Å². The Balaban J connectivity index is 2.35. The lowest BCUT2D eigenvalue weighted by atomic mass is 10.2. The standard InChI is InChI=1S/C13H14FN3O2/c1-8-6-9(4-5-10(8)14)19-13-11(18-3)12(15-2)16-7-17-13/h4-7H,1-3H3,(H,15,16,17). The SMILES string of the molecule is CNc1ncnc(Oc2ccc(F)c(C)c2)c1OC. The van der Waals surface area contributed by atoms with Gasteiger partial charge in [0, 0.05) is 7.05 Å². The highest BCUT2D eigenvalue weighted by Crippen LogP contribution is 2.34. The van der Waals surface area contributed by atoms with Crippen LogP contribution in [-0.4, -0.2) is 24.1 Å². The fourth-order valence-corrected chi connectivity index (χ4v) is 1.58. The second-order valence-corrected chi connectivity index (χ2v) is 3.82. The number of rotatable bonds is 4. The molecule has 0 saturated heterocycles. The molecule has 0 spiro atoms. The molecule has 1 aromatic carbocycles. The van der Waals surface area contributed by atoms with Gasteiger partial charge in [-0.25, -0.2) is 9.37 Å². The van der Waals surface area contributed by atoms with Crippen molar-refractivity contribution in [1.82, 2.24) is 9.97 Å². The van der Waals surface area contributed by atoms with Gasteiger partial charge in [0.1, 0.15) is 17.9 Å². The van der Waals surface area contributed by atoms with Crippen LogP contribution in [0.15, 0.2) is 24.5 Å². The molecule has 6 heteroatoms. The maximum absolute atomic E-state index is 13.2. The van der Waals surface area contributed by atoms with E-state index in [2.05, 4.69) is 15.3 Å². The van der Waals surface area contributed by atoms with Gasteiger partial charge in [-0.1, -0.05) is 0 Å². The van der Waals surface area contributed by atoms with Crippen LogP contribution >= 0.6 is 0 Å². The third-order valence-electron chi connectivity index (χ3n) is 2.56. The van der Waals surface area contributed by atoms with Crippen molar-refractivity contribution in [3.63, 3.8) is 0 Å². The number of aryl methyl sites for hydroxylation is 1. The summed E-state index contributed by atoms with van der Waals surface area (Å²) in [6, 6.07) is 4.47. The van der Waals surface area contributed by atoms with Crippen LogP contribution in [0.2, 0.25) is 0 Å². The molecule has 0 aliphatic rings. The number of benzene rings is 1. The molecule has 5 nitrogen and oxygen atoms in total. The van der Waals surface area contributed by atoms with Gasteiger partial charge >= 0.3 is 0 Å². The number of halogens is 1. The highest BCUT2D eigenvalue weighted by Gasteiger charge is 2.13. The van der Waals surface area contributed by atoms with E-state index in [1.54, 1.807) is 20.0 Å². The van der Waals surface area contributed by atoms with Gasteiger partial charge < -0.3 is 14.8 Å². The molecule has 0 saturated carbocycles. The Morgan fingerprint density at radius 1 is 1.26 bits per heavy atom. The third-order valence-corrected chi connectivity index (χ3v) is 2.56. The van der Waals surface area contributed by atoms with E-state index in [9.17, 15) is 4.39 Å². The summed E-state index contributed by atoms with van der Waals surface area (Å²) in [5.74, 6) is 1.39. The monoisotopic (exact) mass is 263 g/mol. The largest absolute Gasteiger partial charge is 0.489 e. The first kappa shape index (κ1) is 13.1. The van der Waals surface area contributed by atoms with Crippen molar-refractivity contribution in [2.24, 2.45) is 0 Å². The Morgan fingerprint density at radius 2 is 2.05 bits per heavy atom. The van der Waals surface area contributed by atoms with E-state index in [1.165, 1.54) is 25.6 Å². The molecular formula is C13H14FN3O2. The molecule has 0 amide bonds. The second-order valence-electron chi connectivity index (χ2n) is 3.82. The molecule has 1 aromatic heterocycles. The zero-order chi connectivity index (χ0) is 13.8. The predicted molar refractivity (Wildman–Crippen MR) is 69.3 cm³/mol. The molecule has 100 valence electrons. The fourth-order valence-electron chi connectivity index (χ4n) is 1.58. The van der Waals surface area contributed by atoms with Gasteiger partial charge in [-0.15, -0.1) is 0 Å². The summed E-state index contributed by atoms with van der Waals surface area (Å²) in [7, 11) is 3.22.